The fourth-order valence-electron chi connectivity index (χ4n) is 1.68. The van der Waals surface area contributed by atoms with Crippen molar-refractivity contribution in [3.05, 3.63) is 42.2 Å². The molecule has 22 heavy (non-hydrogen) atoms. The fraction of sp³-hybridized carbons (Fsp3) is 0.267. The van der Waals surface area contributed by atoms with Crippen molar-refractivity contribution in [2.75, 3.05) is 32.7 Å². The van der Waals surface area contributed by atoms with E-state index in [1.54, 1.807) is 14.2 Å². The Hall–Kier alpha value is -2.67. The van der Waals surface area contributed by atoms with Crippen LogP contribution < -0.4 is 15.4 Å². The van der Waals surface area contributed by atoms with Gasteiger partial charge in [0, 0.05) is 31.7 Å². The third-order valence-electron chi connectivity index (χ3n) is 2.85. The smallest absolute Gasteiger partial charge is 0.254 e. The summed E-state index contributed by atoms with van der Waals surface area (Å²) < 4.78 is 9.95. The first-order valence-electron chi connectivity index (χ1n) is 6.73. The summed E-state index contributed by atoms with van der Waals surface area (Å²) in [5.74, 6) is 0.959. The highest BCUT2D eigenvalue weighted by Crippen LogP contribution is 2.17. The Kier molecular flexibility index (Phi) is 5.67. The molecule has 2 N–H and O–H groups in total. The molecule has 0 atom stereocenters. The van der Waals surface area contributed by atoms with Crippen molar-refractivity contribution < 1.29 is 14.3 Å². The van der Waals surface area contributed by atoms with E-state index in [0.29, 0.717) is 24.7 Å². The van der Waals surface area contributed by atoms with Crippen LogP contribution in [-0.2, 0) is 4.74 Å². The standard InChI is InChI=1S/C15H18N4O3/c1-21-8-7-16-14(20)11-9-17-15(18-10-11)19-12-3-5-13(22-2)6-4-12/h3-6,9-10H,7-8H2,1-2H3,(H,16,20)(H,17,18,19). The number of rotatable bonds is 7. The highest BCUT2D eigenvalue weighted by Gasteiger charge is 2.06. The molecule has 0 spiro atoms. The van der Waals surface area contributed by atoms with Crippen molar-refractivity contribution in [1.82, 2.24) is 15.3 Å². The number of carbonyl (C=O) groups excluding carboxylic acids is 1. The van der Waals surface area contributed by atoms with E-state index in [1.165, 1.54) is 12.4 Å². The molecule has 0 aliphatic carbocycles. The first-order valence-corrected chi connectivity index (χ1v) is 6.73. The van der Waals surface area contributed by atoms with E-state index in [0.717, 1.165) is 11.4 Å². The summed E-state index contributed by atoms with van der Waals surface area (Å²) in [4.78, 5) is 20.0. The predicted octanol–water partition coefficient (Wildman–Crippen LogP) is 1.60. The lowest BCUT2D eigenvalue weighted by molar-refractivity contribution is 0.0936. The first kappa shape index (κ1) is 15.7. The van der Waals surface area contributed by atoms with Gasteiger partial charge in [0.2, 0.25) is 5.95 Å². The van der Waals surface area contributed by atoms with Gasteiger partial charge in [-0.25, -0.2) is 9.97 Å². The highest BCUT2D eigenvalue weighted by atomic mass is 16.5. The third-order valence-corrected chi connectivity index (χ3v) is 2.85. The van der Waals surface area contributed by atoms with Crippen LogP contribution in [-0.4, -0.2) is 43.2 Å². The van der Waals surface area contributed by atoms with E-state index in [4.69, 9.17) is 9.47 Å². The van der Waals surface area contributed by atoms with Crippen LogP contribution in [0.2, 0.25) is 0 Å². The summed E-state index contributed by atoms with van der Waals surface area (Å²) in [6.45, 7) is 0.908. The molecule has 0 aliphatic rings. The largest absolute Gasteiger partial charge is 0.497 e. The Morgan fingerprint density at radius 3 is 2.41 bits per heavy atom. The maximum absolute atomic E-state index is 11.8. The molecule has 0 aliphatic heterocycles. The lowest BCUT2D eigenvalue weighted by Gasteiger charge is -2.07. The number of carbonyl (C=O) groups is 1. The number of hydrogen-bond acceptors (Lipinski definition) is 6. The van der Waals surface area contributed by atoms with Gasteiger partial charge in [0.25, 0.3) is 5.91 Å². The van der Waals surface area contributed by atoms with Crippen LogP contribution in [0, 0.1) is 0 Å². The van der Waals surface area contributed by atoms with Crippen molar-refractivity contribution in [2.24, 2.45) is 0 Å². The molecule has 0 fully saturated rings. The maximum Gasteiger partial charge on any atom is 0.254 e. The maximum atomic E-state index is 11.8. The van der Waals surface area contributed by atoms with E-state index in [2.05, 4.69) is 20.6 Å². The first-order chi connectivity index (χ1) is 10.7. The predicted molar refractivity (Wildman–Crippen MR) is 82.5 cm³/mol. The number of benzene rings is 1. The van der Waals surface area contributed by atoms with Crippen LogP contribution in [0.5, 0.6) is 5.75 Å². The highest BCUT2D eigenvalue weighted by molar-refractivity contribution is 5.93. The van der Waals surface area contributed by atoms with Gasteiger partial charge in [-0.3, -0.25) is 4.79 Å². The molecule has 0 bridgehead atoms. The van der Waals surface area contributed by atoms with Crippen LogP contribution in [0.4, 0.5) is 11.6 Å². The molecule has 0 radical (unpaired) electrons. The zero-order valence-electron chi connectivity index (χ0n) is 12.5. The van der Waals surface area contributed by atoms with Crippen molar-refractivity contribution in [1.29, 1.82) is 0 Å². The van der Waals surface area contributed by atoms with Gasteiger partial charge < -0.3 is 20.1 Å². The minimum atomic E-state index is -0.229. The average molecular weight is 302 g/mol. The van der Waals surface area contributed by atoms with Gasteiger partial charge in [-0.15, -0.1) is 0 Å². The third kappa shape index (κ3) is 4.42. The molecule has 2 aromatic rings. The number of anilines is 2. The Balaban J connectivity index is 1.94. The molecular formula is C15H18N4O3. The molecule has 7 nitrogen and oxygen atoms in total. The quantitative estimate of drug-likeness (QED) is 0.756. The van der Waals surface area contributed by atoms with Gasteiger partial charge in [0.1, 0.15) is 5.75 Å². The average Bonchev–Trinajstić information content (AvgIpc) is 2.56. The van der Waals surface area contributed by atoms with Crippen LogP contribution >= 0.6 is 0 Å². The monoisotopic (exact) mass is 302 g/mol. The summed E-state index contributed by atoms with van der Waals surface area (Å²) in [5.41, 5.74) is 1.23. The lowest BCUT2D eigenvalue weighted by Crippen LogP contribution is -2.27. The summed E-state index contributed by atoms with van der Waals surface area (Å²) in [6, 6.07) is 7.38. The summed E-state index contributed by atoms with van der Waals surface area (Å²) in [6.07, 6.45) is 2.95. The summed E-state index contributed by atoms with van der Waals surface area (Å²) in [7, 11) is 3.19. The second-order valence-electron chi connectivity index (χ2n) is 4.40. The molecule has 1 aromatic carbocycles. The Morgan fingerprint density at radius 1 is 1.14 bits per heavy atom. The van der Waals surface area contributed by atoms with Gasteiger partial charge in [-0.05, 0) is 24.3 Å². The molecular weight excluding hydrogens is 284 g/mol. The van der Waals surface area contributed by atoms with Crippen molar-refractivity contribution in [2.45, 2.75) is 0 Å². The SMILES string of the molecule is COCCNC(=O)c1cnc(Nc2ccc(OC)cc2)nc1. The molecule has 1 aromatic heterocycles. The minimum Gasteiger partial charge on any atom is -0.497 e. The van der Waals surface area contributed by atoms with Crippen molar-refractivity contribution >= 4 is 17.5 Å². The normalized spacial score (nSPS) is 10.1. The molecule has 116 valence electrons. The topological polar surface area (TPSA) is 85.4 Å². The molecule has 1 amide bonds. The zero-order chi connectivity index (χ0) is 15.8. The van der Waals surface area contributed by atoms with E-state index >= 15 is 0 Å². The minimum absolute atomic E-state index is 0.229. The van der Waals surface area contributed by atoms with Crippen LogP contribution in [0.3, 0.4) is 0 Å². The fourth-order valence-corrected chi connectivity index (χ4v) is 1.68. The lowest BCUT2D eigenvalue weighted by atomic mass is 10.3. The molecule has 2 rings (SSSR count). The summed E-state index contributed by atoms with van der Waals surface area (Å²) >= 11 is 0. The van der Waals surface area contributed by atoms with Gasteiger partial charge in [-0.1, -0.05) is 0 Å². The molecule has 0 saturated carbocycles. The molecule has 0 unspecified atom stereocenters. The van der Waals surface area contributed by atoms with E-state index in [1.807, 2.05) is 24.3 Å². The van der Waals surface area contributed by atoms with E-state index < -0.39 is 0 Å². The second-order valence-corrected chi connectivity index (χ2v) is 4.40. The summed E-state index contributed by atoms with van der Waals surface area (Å²) in [5, 5.41) is 5.75. The van der Waals surface area contributed by atoms with Crippen LogP contribution in [0.1, 0.15) is 10.4 Å². The Morgan fingerprint density at radius 2 is 1.82 bits per heavy atom. The van der Waals surface area contributed by atoms with Gasteiger partial charge in [0.15, 0.2) is 0 Å². The van der Waals surface area contributed by atoms with Gasteiger partial charge in [-0.2, -0.15) is 0 Å². The number of nitrogens with one attached hydrogen (secondary N) is 2. The van der Waals surface area contributed by atoms with Gasteiger partial charge in [0.05, 0.1) is 19.3 Å². The van der Waals surface area contributed by atoms with Crippen LogP contribution in [0.25, 0.3) is 0 Å². The van der Waals surface area contributed by atoms with E-state index in [-0.39, 0.29) is 5.91 Å². The Labute approximate surface area is 128 Å². The number of aromatic nitrogens is 2. The van der Waals surface area contributed by atoms with Gasteiger partial charge >= 0.3 is 0 Å². The number of ether oxygens (including phenoxy) is 2. The number of methoxy groups -OCH3 is 2. The number of hydrogen-bond donors (Lipinski definition) is 2. The van der Waals surface area contributed by atoms with E-state index in [9.17, 15) is 4.79 Å². The Bertz CT molecular complexity index is 599. The van der Waals surface area contributed by atoms with Crippen molar-refractivity contribution in [3.63, 3.8) is 0 Å². The van der Waals surface area contributed by atoms with Crippen molar-refractivity contribution in [3.8, 4) is 5.75 Å². The number of nitrogens with zero attached hydrogens (tertiary/aromatic N) is 2. The molecule has 1 heterocycles. The molecule has 7 heteroatoms. The van der Waals surface area contributed by atoms with Crippen LogP contribution in [0.15, 0.2) is 36.7 Å². The number of amides is 1. The second kappa shape index (κ2) is 7.94. The zero-order valence-corrected chi connectivity index (χ0v) is 12.5. The molecule has 0 saturated heterocycles.